The van der Waals surface area contributed by atoms with Crippen LogP contribution in [0.15, 0.2) is 41.8 Å². The van der Waals surface area contributed by atoms with E-state index in [1.54, 1.807) is 11.3 Å². The van der Waals surface area contributed by atoms with Crippen LogP contribution in [0.5, 0.6) is 0 Å². The summed E-state index contributed by atoms with van der Waals surface area (Å²) in [5, 5.41) is 10.9. The molecule has 4 rings (SSSR count). The Balaban J connectivity index is 1.27. The van der Waals surface area contributed by atoms with Crippen molar-refractivity contribution < 1.29 is 14.3 Å². The summed E-state index contributed by atoms with van der Waals surface area (Å²) in [7, 11) is 0. The van der Waals surface area contributed by atoms with Crippen LogP contribution < -0.4 is 16.0 Å². The van der Waals surface area contributed by atoms with E-state index >= 15 is 0 Å². The lowest BCUT2D eigenvalue weighted by Crippen LogP contribution is -2.45. The number of nitrogens with zero attached hydrogens (tertiary/aromatic N) is 1. The molecule has 30 heavy (non-hydrogen) atoms. The smallest absolute Gasteiger partial charge is 0.315 e. The molecule has 7 nitrogen and oxygen atoms in total. The first-order valence-electron chi connectivity index (χ1n) is 10.5. The average molecular weight is 429 g/mol. The Labute approximate surface area is 180 Å². The van der Waals surface area contributed by atoms with Crippen molar-refractivity contribution in [2.45, 2.75) is 25.4 Å². The fourth-order valence-corrected chi connectivity index (χ4v) is 4.42. The van der Waals surface area contributed by atoms with Crippen LogP contribution in [-0.2, 0) is 16.1 Å². The van der Waals surface area contributed by atoms with Crippen LogP contribution in [0.2, 0.25) is 0 Å². The molecular weight excluding hydrogens is 400 g/mol. The van der Waals surface area contributed by atoms with Crippen LogP contribution in [-0.4, -0.2) is 49.7 Å². The van der Waals surface area contributed by atoms with E-state index in [1.807, 2.05) is 30.3 Å². The molecule has 0 bridgehead atoms. The lowest BCUT2D eigenvalue weighted by molar-refractivity contribution is -0.117. The summed E-state index contributed by atoms with van der Waals surface area (Å²) in [6.07, 6.45) is 1.95. The molecule has 160 valence electrons. The molecule has 1 aliphatic carbocycles. The van der Waals surface area contributed by atoms with Gasteiger partial charge in [-0.05, 0) is 42.0 Å². The summed E-state index contributed by atoms with van der Waals surface area (Å²) in [6.45, 7) is 4.13. The number of hydrogen-bond acceptors (Lipinski definition) is 5. The molecule has 1 atom stereocenters. The quantitative estimate of drug-likeness (QED) is 0.604. The highest BCUT2D eigenvalue weighted by Crippen LogP contribution is 2.30. The number of amides is 3. The van der Waals surface area contributed by atoms with Crippen molar-refractivity contribution in [3.63, 3.8) is 0 Å². The number of ether oxygens (including phenoxy) is 1. The van der Waals surface area contributed by atoms with Crippen LogP contribution >= 0.6 is 11.3 Å². The van der Waals surface area contributed by atoms with Gasteiger partial charge in [0.2, 0.25) is 5.91 Å². The fourth-order valence-electron chi connectivity index (χ4n) is 3.56. The Morgan fingerprint density at radius 2 is 1.97 bits per heavy atom. The van der Waals surface area contributed by atoms with Gasteiger partial charge in [-0.15, -0.1) is 11.3 Å². The van der Waals surface area contributed by atoms with E-state index < -0.39 is 0 Å². The number of carbonyl (C=O) groups excluding carboxylic acids is 2. The Kier molecular flexibility index (Phi) is 6.99. The maximum absolute atomic E-state index is 12.4. The van der Waals surface area contributed by atoms with Crippen LogP contribution in [0.25, 0.3) is 0 Å². The summed E-state index contributed by atoms with van der Waals surface area (Å²) in [5.74, 6) is 0.251. The zero-order valence-electron chi connectivity index (χ0n) is 16.9. The Hall–Kier alpha value is -2.42. The van der Waals surface area contributed by atoms with Crippen LogP contribution in [0.3, 0.4) is 0 Å². The molecule has 0 radical (unpaired) electrons. The Morgan fingerprint density at radius 3 is 2.70 bits per heavy atom. The summed E-state index contributed by atoms with van der Waals surface area (Å²) in [4.78, 5) is 27.9. The molecule has 1 aromatic carbocycles. The van der Waals surface area contributed by atoms with Crippen molar-refractivity contribution in [3.05, 3.63) is 52.2 Å². The molecule has 0 unspecified atom stereocenters. The number of rotatable bonds is 8. The first kappa shape index (κ1) is 20.8. The fraction of sp³-hybridized carbons (Fsp3) is 0.455. The van der Waals surface area contributed by atoms with Crippen molar-refractivity contribution in [2.75, 3.05) is 38.2 Å². The number of urea groups is 1. The summed E-state index contributed by atoms with van der Waals surface area (Å²) < 4.78 is 5.47. The third kappa shape index (κ3) is 5.81. The van der Waals surface area contributed by atoms with Gasteiger partial charge in [0.15, 0.2) is 0 Å². The van der Waals surface area contributed by atoms with E-state index in [9.17, 15) is 9.59 Å². The highest BCUT2D eigenvalue weighted by atomic mass is 32.1. The van der Waals surface area contributed by atoms with Gasteiger partial charge in [-0.1, -0.05) is 18.2 Å². The van der Waals surface area contributed by atoms with Crippen molar-refractivity contribution in [3.8, 4) is 0 Å². The van der Waals surface area contributed by atoms with Crippen LogP contribution in [0, 0.1) is 5.92 Å². The van der Waals surface area contributed by atoms with E-state index in [4.69, 9.17) is 4.74 Å². The summed E-state index contributed by atoms with van der Waals surface area (Å²) >= 11 is 1.71. The SMILES string of the molecule is O=C(NCc1cccc(NC(=O)C2CC2)c1)NC[C@H](c1cccs1)N1CCOCC1. The van der Waals surface area contributed by atoms with Crippen molar-refractivity contribution in [1.82, 2.24) is 15.5 Å². The standard InChI is InChI=1S/C22H28N4O3S/c27-21(17-6-7-17)25-18-4-1-3-16(13-18)14-23-22(28)24-15-19(20-5-2-12-30-20)26-8-10-29-11-9-26/h1-5,12-13,17,19H,6-11,14-15H2,(H,25,27)(H2,23,24,28)/t19-/m1/s1. The maximum Gasteiger partial charge on any atom is 0.315 e. The predicted molar refractivity (Wildman–Crippen MR) is 117 cm³/mol. The largest absolute Gasteiger partial charge is 0.379 e. The molecule has 2 fully saturated rings. The van der Waals surface area contributed by atoms with Gasteiger partial charge in [0.05, 0.1) is 19.3 Å². The molecule has 1 saturated heterocycles. The first-order chi connectivity index (χ1) is 14.7. The number of thiophene rings is 1. The third-order valence-electron chi connectivity index (χ3n) is 5.41. The minimum absolute atomic E-state index is 0.0839. The zero-order chi connectivity index (χ0) is 20.8. The van der Waals surface area contributed by atoms with Crippen molar-refractivity contribution in [2.24, 2.45) is 5.92 Å². The van der Waals surface area contributed by atoms with E-state index in [0.29, 0.717) is 13.1 Å². The minimum Gasteiger partial charge on any atom is -0.379 e. The van der Waals surface area contributed by atoms with Gasteiger partial charge in [-0.2, -0.15) is 0 Å². The molecule has 3 amide bonds. The molecule has 3 N–H and O–H groups in total. The molecule has 2 aromatic rings. The summed E-state index contributed by atoms with van der Waals surface area (Å²) in [5.41, 5.74) is 1.72. The summed E-state index contributed by atoms with van der Waals surface area (Å²) in [6, 6.07) is 11.7. The van der Waals surface area contributed by atoms with Crippen LogP contribution in [0.1, 0.15) is 29.3 Å². The zero-order valence-corrected chi connectivity index (χ0v) is 17.7. The molecule has 0 spiro atoms. The second-order valence-corrected chi connectivity index (χ2v) is 8.69. The maximum atomic E-state index is 12.4. The number of carbonyl (C=O) groups is 2. The van der Waals surface area contributed by atoms with Gasteiger partial charge >= 0.3 is 6.03 Å². The molecular formula is C22H28N4O3S. The number of hydrogen-bond donors (Lipinski definition) is 3. The van der Waals surface area contributed by atoms with E-state index in [2.05, 4.69) is 32.3 Å². The molecule has 8 heteroatoms. The average Bonchev–Trinajstić information content (AvgIpc) is 3.49. The number of morpholine rings is 1. The molecule has 1 aromatic heterocycles. The normalized spacial score (nSPS) is 17.9. The van der Waals surface area contributed by atoms with Crippen molar-refractivity contribution >= 4 is 29.0 Å². The van der Waals surface area contributed by atoms with E-state index in [0.717, 1.165) is 50.4 Å². The Morgan fingerprint density at radius 1 is 1.13 bits per heavy atom. The minimum atomic E-state index is -0.197. The van der Waals surface area contributed by atoms with Gasteiger partial charge < -0.3 is 20.7 Å². The monoisotopic (exact) mass is 428 g/mol. The van der Waals surface area contributed by atoms with E-state index in [-0.39, 0.29) is 23.9 Å². The Bertz CT molecular complexity index is 848. The number of benzene rings is 1. The van der Waals surface area contributed by atoms with E-state index in [1.165, 1.54) is 4.88 Å². The number of nitrogens with one attached hydrogen (secondary N) is 3. The molecule has 1 saturated carbocycles. The third-order valence-corrected chi connectivity index (χ3v) is 6.38. The number of anilines is 1. The second kappa shape index (κ2) is 10.1. The van der Waals surface area contributed by atoms with Gasteiger partial charge in [0.1, 0.15) is 0 Å². The molecule has 1 aliphatic heterocycles. The predicted octanol–water partition coefficient (Wildman–Crippen LogP) is 2.97. The lowest BCUT2D eigenvalue weighted by Gasteiger charge is -2.34. The first-order valence-corrected chi connectivity index (χ1v) is 11.3. The molecule has 2 aliphatic rings. The van der Waals surface area contributed by atoms with Gasteiger partial charge in [0.25, 0.3) is 0 Å². The van der Waals surface area contributed by atoms with Gasteiger partial charge in [-0.25, -0.2) is 4.79 Å². The highest BCUT2D eigenvalue weighted by molar-refractivity contribution is 7.10. The van der Waals surface area contributed by atoms with Crippen LogP contribution in [0.4, 0.5) is 10.5 Å². The molecule has 2 heterocycles. The topological polar surface area (TPSA) is 82.7 Å². The highest BCUT2D eigenvalue weighted by Gasteiger charge is 2.29. The lowest BCUT2D eigenvalue weighted by atomic mass is 10.2. The van der Waals surface area contributed by atoms with Gasteiger partial charge in [-0.3, -0.25) is 9.69 Å². The second-order valence-electron chi connectivity index (χ2n) is 7.71. The van der Waals surface area contributed by atoms with Gasteiger partial charge in [0, 0.05) is 42.7 Å². The van der Waals surface area contributed by atoms with Crippen molar-refractivity contribution in [1.29, 1.82) is 0 Å².